The van der Waals surface area contributed by atoms with Crippen LogP contribution in [-0.2, 0) is 36.8 Å². The lowest BCUT2D eigenvalue weighted by molar-refractivity contribution is -0.132. The van der Waals surface area contributed by atoms with Gasteiger partial charge in [0.15, 0.2) is 5.96 Å². The van der Waals surface area contributed by atoms with Gasteiger partial charge in [0.2, 0.25) is 11.8 Å². The SMILES string of the molecule is COC(=O)c1cc(SN[C@@H](CCCN=C(N)N)C(=O)NC(=O)[C@H](Cc2ccccc2)NC(=O)OCc2ccccc2)cc(C(=O)OC)c1. The lowest BCUT2D eigenvalue weighted by Gasteiger charge is -2.21. The summed E-state index contributed by atoms with van der Waals surface area (Å²) in [5.74, 6) is -2.94. The number of rotatable bonds is 16. The number of esters is 2. The maximum Gasteiger partial charge on any atom is 0.408 e. The Morgan fingerprint density at radius 1 is 0.792 bits per heavy atom. The molecule has 254 valence electrons. The summed E-state index contributed by atoms with van der Waals surface area (Å²) in [7, 11) is 2.41. The third kappa shape index (κ3) is 12.4. The van der Waals surface area contributed by atoms with Crippen LogP contribution in [0.4, 0.5) is 4.79 Å². The van der Waals surface area contributed by atoms with Gasteiger partial charge >= 0.3 is 18.0 Å². The van der Waals surface area contributed by atoms with Crippen LogP contribution in [0.1, 0.15) is 44.7 Å². The van der Waals surface area contributed by atoms with Crippen molar-refractivity contribution in [2.24, 2.45) is 16.5 Å². The number of guanidine groups is 1. The van der Waals surface area contributed by atoms with Crippen LogP contribution >= 0.6 is 11.9 Å². The monoisotopic (exact) mass is 678 g/mol. The van der Waals surface area contributed by atoms with Crippen molar-refractivity contribution < 1.29 is 38.2 Å². The number of benzene rings is 3. The van der Waals surface area contributed by atoms with Crippen molar-refractivity contribution in [2.75, 3.05) is 20.8 Å². The average Bonchev–Trinajstić information content (AvgIpc) is 3.09. The van der Waals surface area contributed by atoms with Crippen LogP contribution < -0.4 is 26.8 Å². The van der Waals surface area contributed by atoms with Gasteiger partial charge in [0.05, 0.1) is 31.4 Å². The Hall–Kier alpha value is -5.41. The molecule has 0 saturated heterocycles. The number of nitrogens with two attached hydrogens (primary N) is 2. The number of nitrogens with one attached hydrogen (secondary N) is 3. The Morgan fingerprint density at radius 3 is 1.92 bits per heavy atom. The van der Waals surface area contributed by atoms with E-state index in [1.54, 1.807) is 36.4 Å². The number of ether oxygens (including phenoxy) is 3. The second-order valence-electron chi connectivity index (χ2n) is 10.3. The minimum atomic E-state index is -1.16. The standard InChI is InChI=1S/C33H38N6O8S/c1-45-30(42)23-17-24(31(43)46-2)19-25(18-23)48-39-26(14-9-15-36-32(34)35)28(40)38-29(41)27(16-21-10-5-3-6-11-21)37-33(44)47-20-22-12-7-4-8-13-22/h3-8,10-13,17-19,26-27,39H,9,14-16,20H2,1-2H3,(H,37,44)(H4,34,35,36)(H,38,40,41)/t26-,27-/m0/s1. The molecule has 48 heavy (non-hydrogen) atoms. The van der Waals surface area contributed by atoms with Crippen molar-refractivity contribution in [1.82, 2.24) is 15.4 Å². The molecule has 0 bridgehead atoms. The van der Waals surface area contributed by atoms with Crippen molar-refractivity contribution in [3.8, 4) is 0 Å². The Balaban J connectivity index is 1.77. The maximum absolute atomic E-state index is 13.5. The molecule has 2 atom stereocenters. The number of hydrogen-bond acceptors (Lipinski definition) is 11. The summed E-state index contributed by atoms with van der Waals surface area (Å²) < 4.78 is 17.9. The molecule has 0 unspecified atom stereocenters. The smallest absolute Gasteiger partial charge is 0.408 e. The minimum absolute atomic E-state index is 0.0147. The zero-order valence-corrected chi connectivity index (χ0v) is 27.3. The maximum atomic E-state index is 13.5. The molecular formula is C33H38N6O8S. The Bertz CT molecular complexity index is 1550. The van der Waals surface area contributed by atoms with E-state index in [9.17, 15) is 24.0 Å². The van der Waals surface area contributed by atoms with Gasteiger partial charge in [0.1, 0.15) is 12.6 Å². The molecular weight excluding hydrogens is 640 g/mol. The van der Waals surface area contributed by atoms with Crippen LogP contribution in [0.2, 0.25) is 0 Å². The molecule has 0 radical (unpaired) electrons. The molecule has 3 aromatic carbocycles. The van der Waals surface area contributed by atoms with E-state index in [0.717, 1.165) is 23.1 Å². The van der Waals surface area contributed by atoms with Crippen LogP contribution in [0.25, 0.3) is 0 Å². The molecule has 0 aliphatic rings. The zero-order valence-electron chi connectivity index (χ0n) is 26.5. The van der Waals surface area contributed by atoms with Gasteiger partial charge in [0, 0.05) is 17.9 Å². The number of aliphatic imine (C=N–C) groups is 1. The fraction of sp³-hybridized carbons (Fsp3) is 0.273. The molecule has 3 amide bonds. The Kier molecular flexibility index (Phi) is 14.9. The van der Waals surface area contributed by atoms with Gasteiger partial charge in [-0.05, 0) is 54.1 Å². The van der Waals surface area contributed by atoms with Crippen LogP contribution in [0.15, 0.2) is 88.8 Å². The number of hydrogen-bond donors (Lipinski definition) is 5. The van der Waals surface area contributed by atoms with Crippen molar-refractivity contribution in [3.05, 3.63) is 101 Å². The zero-order chi connectivity index (χ0) is 34.9. The average molecular weight is 679 g/mol. The number of amides is 3. The lowest BCUT2D eigenvalue weighted by atomic mass is 10.0. The summed E-state index contributed by atoms with van der Waals surface area (Å²) in [6.07, 6.45) is -0.227. The van der Waals surface area contributed by atoms with Gasteiger partial charge in [-0.1, -0.05) is 60.7 Å². The van der Waals surface area contributed by atoms with E-state index in [1.165, 1.54) is 32.4 Å². The molecule has 0 saturated carbocycles. The molecule has 0 aliphatic heterocycles. The number of nitrogens with zero attached hydrogens (tertiary/aromatic N) is 1. The normalized spacial score (nSPS) is 11.7. The first kappa shape index (κ1) is 37.1. The lowest BCUT2D eigenvalue weighted by Crippen LogP contribution is -2.53. The third-order valence-electron chi connectivity index (χ3n) is 6.68. The molecule has 15 heteroatoms. The molecule has 7 N–H and O–H groups in total. The molecule has 0 spiro atoms. The quantitative estimate of drug-likeness (QED) is 0.0369. The van der Waals surface area contributed by atoms with Crippen molar-refractivity contribution in [1.29, 1.82) is 0 Å². The predicted octanol–water partition coefficient (Wildman–Crippen LogP) is 2.46. The highest BCUT2D eigenvalue weighted by atomic mass is 32.2. The van der Waals surface area contributed by atoms with E-state index in [1.807, 2.05) is 24.3 Å². The topological polar surface area (TPSA) is 214 Å². The van der Waals surface area contributed by atoms with Crippen molar-refractivity contribution in [2.45, 2.75) is 42.8 Å². The van der Waals surface area contributed by atoms with Gasteiger partial charge < -0.3 is 31.0 Å². The van der Waals surface area contributed by atoms with E-state index in [-0.39, 0.29) is 43.1 Å². The highest BCUT2D eigenvalue weighted by Gasteiger charge is 2.27. The van der Waals surface area contributed by atoms with Crippen LogP contribution in [0, 0.1) is 0 Å². The van der Waals surface area contributed by atoms with E-state index in [4.69, 9.17) is 25.7 Å². The number of alkyl carbamates (subject to hydrolysis) is 1. The second-order valence-corrected chi connectivity index (χ2v) is 11.2. The van der Waals surface area contributed by atoms with Gasteiger partial charge in [0.25, 0.3) is 0 Å². The molecule has 0 fully saturated rings. The highest BCUT2D eigenvalue weighted by Crippen LogP contribution is 2.22. The fourth-order valence-electron chi connectivity index (χ4n) is 4.28. The number of imide groups is 1. The Labute approximate surface area is 282 Å². The first-order chi connectivity index (χ1) is 23.1. The van der Waals surface area contributed by atoms with Crippen molar-refractivity contribution >= 4 is 47.8 Å². The van der Waals surface area contributed by atoms with Crippen LogP contribution in [0.3, 0.4) is 0 Å². The van der Waals surface area contributed by atoms with Gasteiger partial charge in [-0.15, -0.1) is 0 Å². The number of methoxy groups -OCH3 is 2. The molecule has 3 aromatic rings. The van der Waals surface area contributed by atoms with Crippen molar-refractivity contribution in [3.63, 3.8) is 0 Å². The first-order valence-corrected chi connectivity index (χ1v) is 15.6. The molecule has 0 aromatic heterocycles. The summed E-state index contributed by atoms with van der Waals surface area (Å²) in [6.45, 7) is 0.196. The summed E-state index contributed by atoms with van der Waals surface area (Å²) >= 11 is 0.946. The minimum Gasteiger partial charge on any atom is -0.465 e. The summed E-state index contributed by atoms with van der Waals surface area (Å²) in [6, 6.07) is 20.1. The summed E-state index contributed by atoms with van der Waals surface area (Å²) in [5.41, 5.74) is 12.5. The predicted molar refractivity (Wildman–Crippen MR) is 179 cm³/mol. The number of carbonyl (C=O) groups excluding carboxylic acids is 5. The highest BCUT2D eigenvalue weighted by molar-refractivity contribution is 7.97. The van der Waals surface area contributed by atoms with E-state index in [0.29, 0.717) is 11.3 Å². The van der Waals surface area contributed by atoms with E-state index in [2.05, 4.69) is 20.3 Å². The van der Waals surface area contributed by atoms with Gasteiger partial charge in [-0.3, -0.25) is 19.9 Å². The first-order valence-electron chi connectivity index (χ1n) is 14.7. The fourth-order valence-corrected chi connectivity index (χ4v) is 5.15. The van der Waals surface area contributed by atoms with Gasteiger partial charge in [-0.2, -0.15) is 0 Å². The Morgan fingerprint density at radius 2 is 1.35 bits per heavy atom. The largest absolute Gasteiger partial charge is 0.465 e. The molecule has 3 rings (SSSR count). The second kappa shape index (κ2) is 19.3. The summed E-state index contributed by atoms with van der Waals surface area (Å²) in [5, 5.41) is 4.95. The van der Waals surface area contributed by atoms with E-state index < -0.39 is 41.9 Å². The molecule has 0 heterocycles. The third-order valence-corrected chi connectivity index (χ3v) is 7.55. The van der Waals surface area contributed by atoms with E-state index >= 15 is 0 Å². The molecule has 0 aliphatic carbocycles. The number of carbonyl (C=O) groups is 5. The van der Waals surface area contributed by atoms with Gasteiger partial charge in [-0.25, -0.2) is 19.1 Å². The van der Waals surface area contributed by atoms with Crippen LogP contribution in [-0.4, -0.2) is 68.7 Å². The summed E-state index contributed by atoms with van der Waals surface area (Å²) in [4.78, 5) is 68.5. The molecule has 14 nitrogen and oxygen atoms in total. The van der Waals surface area contributed by atoms with Crippen LogP contribution in [0.5, 0.6) is 0 Å².